The van der Waals surface area contributed by atoms with E-state index in [1.54, 1.807) is 17.4 Å². The largest absolute Gasteiger partial charge is 0.391 e. The van der Waals surface area contributed by atoms with Crippen LogP contribution in [0.15, 0.2) is 72.1 Å². The van der Waals surface area contributed by atoms with Gasteiger partial charge >= 0.3 is 0 Å². The number of β-amino-alcohol motifs (C(OH)–C–C–N with tert-alkyl or cyclic N) is 1. The van der Waals surface area contributed by atoms with Gasteiger partial charge < -0.3 is 20.6 Å². The Labute approximate surface area is 240 Å². The van der Waals surface area contributed by atoms with Gasteiger partial charge in [-0.3, -0.25) is 14.4 Å². The van der Waals surface area contributed by atoms with Gasteiger partial charge in [-0.1, -0.05) is 42.5 Å². The molecule has 1 saturated heterocycles. The number of aliphatic hydroxyl groups is 1. The summed E-state index contributed by atoms with van der Waals surface area (Å²) in [6, 6.07) is 17.6. The standard InChI is InChI=1S/C31H29FN4O4S/c1-19(25-7-3-2-5-20(25)8-11-24-6-4-14-41-24)34-31(40)28-16-23(37)18-36(28)29(38)17-33-30(39)27-12-9-21-15-22(32)10-13-26(21)35-27/h2-15,19,23,28,37H,16-18H2,1H3,(H,33,39)(H,34,40)/b11-8+/t19-,23+,28-/m0/s1. The van der Waals surface area contributed by atoms with Gasteiger partial charge in [0, 0.05) is 23.2 Å². The van der Waals surface area contributed by atoms with Crippen LogP contribution in [-0.2, 0) is 9.59 Å². The number of carbonyl (C=O) groups is 3. The predicted molar refractivity (Wildman–Crippen MR) is 156 cm³/mol. The number of nitrogens with zero attached hydrogens (tertiary/aromatic N) is 2. The zero-order valence-corrected chi connectivity index (χ0v) is 23.1. The van der Waals surface area contributed by atoms with Crippen LogP contribution in [0, 0.1) is 5.82 Å². The molecule has 0 unspecified atom stereocenters. The third kappa shape index (κ3) is 6.67. The van der Waals surface area contributed by atoms with E-state index in [9.17, 15) is 23.9 Å². The van der Waals surface area contributed by atoms with Crippen molar-refractivity contribution in [3.8, 4) is 0 Å². The Morgan fingerprint density at radius 2 is 1.95 bits per heavy atom. The van der Waals surface area contributed by atoms with Crippen LogP contribution in [0.2, 0.25) is 0 Å². The molecule has 8 nitrogen and oxygen atoms in total. The Balaban J connectivity index is 1.22. The summed E-state index contributed by atoms with van der Waals surface area (Å²) in [6.45, 7) is 1.49. The van der Waals surface area contributed by atoms with Gasteiger partial charge in [-0.15, -0.1) is 11.3 Å². The summed E-state index contributed by atoms with van der Waals surface area (Å²) in [4.78, 5) is 45.7. The molecule has 0 aliphatic carbocycles. The van der Waals surface area contributed by atoms with Gasteiger partial charge in [0.1, 0.15) is 17.6 Å². The van der Waals surface area contributed by atoms with E-state index in [4.69, 9.17) is 0 Å². The summed E-state index contributed by atoms with van der Waals surface area (Å²) in [7, 11) is 0. The highest BCUT2D eigenvalue weighted by atomic mass is 32.1. The number of fused-ring (bicyclic) bond motifs is 1. The van der Waals surface area contributed by atoms with Crippen LogP contribution in [0.5, 0.6) is 0 Å². The van der Waals surface area contributed by atoms with E-state index < -0.39 is 29.8 Å². The minimum Gasteiger partial charge on any atom is -0.391 e. The molecule has 0 radical (unpaired) electrons. The molecule has 1 aliphatic heterocycles. The van der Waals surface area contributed by atoms with Crippen molar-refractivity contribution in [1.82, 2.24) is 20.5 Å². The summed E-state index contributed by atoms with van der Waals surface area (Å²) in [5.41, 5.74) is 2.40. The Morgan fingerprint density at radius 3 is 2.76 bits per heavy atom. The molecule has 4 aromatic rings. The second kappa shape index (κ2) is 12.4. The maximum Gasteiger partial charge on any atom is 0.270 e. The highest BCUT2D eigenvalue weighted by molar-refractivity contribution is 7.10. The van der Waals surface area contributed by atoms with Crippen LogP contribution in [-0.4, -0.2) is 57.9 Å². The van der Waals surface area contributed by atoms with Crippen LogP contribution in [0.25, 0.3) is 23.1 Å². The quantitative estimate of drug-likeness (QED) is 0.294. The lowest BCUT2D eigenvalue weighted by atomic mass is 10.0. The maximum atomic E-state index is 13.4. The fraction of sp³-hybridized carbons (Fsp3) is 0.226. The third-order valence-corrected chi connectivity index (χ3v) is 7.82. The molecule has 3 N–H and O–H groups in total. The lowest BCUT2D eigenvalue weighted by Gasteiger charge is -2.26. The first-order chi connectivity index (χ1) is 19.8. The van der Waals surface area contributed by atoms with Crippen LogP contribution in [0.1, 0.15) is 45.9 Å². The molecule has 2 aromatic heterocycles. The molecule has 2 aromatic carbocycles. The second-order valence-corrected chi connectivity index (χ2v) is 10.9. The molecular formula is C31H29FN4O4S. The van der Waals surface area contributed by atoms with Gasteiger partial charge in [-0.05, 0) is 59.8 Å². The van der Waals surface area contributed by atoms with Gasteiger partial charge in [0.25, 0.3) is 5.91 Å². The van der Waals surface area contributed by atoms with Gasteiger partial charge in [-0.25, -0.2) is 9.37 Å². The number of nitrogens with one attached hydrogen (secondary N) is 2. The summed E-state index contributed by atoms with van der Waals surface area (Å²) in [6.07, 6.45) is 3.27. The minimum atomic E-state index is -0.876. The fourth-order valence-corrected chi connectivity index (χ4v) is 5.53. The summed E-state index contributed by atoms with van der Waals surface area (Å²) < 4.78 is 13.4. The van der Waals surface area contributed by atoms with E-state index in [2.05, 4.69) is 15.6 Å². The number of hydrogen-bond acceptors (Lipinski definition) is 6. The predicted octanol–water partition coefficient (Wildman–Crippen LogP) is 4.17. The average Bonchev–Trinajstić information content (AvgIpc) is 3.64. The van der Waals surface area contributed by atoms with E-state index in [0.717, 1.165) is 16.0 Å². The van der Waals surface area contributed by atoms with Crippen LogP contribution >= 0.6 is 11.3 Å². The van der Waals surface area contributed by atoms with E-state index >= 15 is 0 Å². The van der Waals surface area contributed by atoms with Gasteiger partial charge in [-0.2, -0.15) is 0 Å². The average molecular weight is 573 g/mol. The highest BCUT2D eigenvalue weighted by Crippen LogP contribution is 2.24. The summed E-state index contributed by atoms with van der Waals surface area (Å²) in [5, 5.41) is 18.4. The van der Waals surface area contributed by atoms with Gasteiger partial charge in [0.2, 0.25) is 11.8 Å². The third-order valence-electron chi connectivity index (χ3n) is 6.98. The number of aromatic nitrogens is 1. The van der Waals surface area contributed by atoms with Crippen molar-refractivity contribution in [2.24, 2.45) is 0 Å². The van der Waals surface area contributed by atoms with E-state index in [-0.39, 0.29) is 37.2 Å². The van der Waals surface area contributed by atoms with Gasteiger partial charge in [0.15, 0.2) is 0 Å². The van der Waals surface area contributed by atoms with E-state index in [1.807, 2.05) is 60.9 Å². The highest BCUT2D eigenvalue weighted by Gasteiger charge is 2.39. The van der Waals surface area contributed by atoms with Crippen LogP contribution in [0.4, 0.5) is 4.39 Å². The molecular weight excluding hydrogens is 543 g/mol. The van der Waals surface area contributed by atoms with Crippen molar-refractivity contribution in [3.05, 3.63) is 99.6 Å². The molecule has 210 valence electrons. The topological polar surface area (TPSA) is 112 Å². The van der Waals surface area contributed by atoms with Crippen LogP contribution < -0.4 is 10.6 Å². The van der Waals surface area contributed by atoms with Crippen molar-refractivity contribution >= 4 is 52.1 Å². The monoisotopic (exact) mass is 572 g/mol. The number of halogens is 1. The number of amides is 3. The van der Waals surface area contributed by atoms with Crippen molar-refractivity contribution in [1.29, 1.82) is 0 Å². The number of carbonyl (C=O) groups excluding carboxylic acids is 3. The first-order valence-corrected chi connectivity index (χ1v) is 14.1. The Bertz CT molecular complexity index is 1610. The number of thiophene rings is 1. The van der Waals surface area contributed by atoms with Crippen molar-refractivity contribution < 1.29 is 23.9 Å². The molecule has 0 saturated carbocycles. The van der Waals surface area contributed by atoms with Gasteiger partial charge in [0.05, 0.1) is 24.2 Å². The summed E-state index contributed by atoms with van der Waals surface area (Å²) >= 11 is 1.63. The van der Waals surface area contributed by atoms with Crippen LogP contribution in [0.3, 0.4) is 0 Å². The fourth-order valence-electron chi connectivity index (χ4n) is 4.91. The van der Waals surface area contributed by atoms with Crippen molar-refractivity contribution in [3.63, 3.8) is 0 Å². The Hall–Kier alpha value is -4.41. The first-order valence-electron chi connectivity index (χ1n) is 13.2. The van der Waals surface area contributed by atoms with E-state index in [1.165, 1.54) is 29.2 Å². The number of pyridine rings is 1. The molecule has 1 aliphatic rings. The molecule has 5 rings (SSSR count). The zero-order valence-electron chi connectivity index (χ0n) is 22.3. The van der Waals surface area contributed by atoms with Crippen molar-refractivity contribution in [2.45, 2.75) is 31.5 Å². The molecule has 0 bridgehead atoms. The lowest BCUT2D eigenvalue weighted by Crippen LogP contribution is -2.49. The molecule has 0 spiro atoms. The number of aliphatic hydroxyl groups excluding tert-OH is 1. The number of benzene rings is 2. The first kappa shape index (κ1) is 28.1. The maximum absolute atomic E-state index is 13.4. The zero-order chi connectivity index (χ0) is 28.9. The second-order valence-electron chi connectivity index (χ2n) is 9.88. The smallest absolute Gasteiger partial charge is 0.270 e. The Morgan fingerprint density at radius 1 is 1.12 bits per heavy atom. The molecule has 3 atom stereocenters. The van der Waals surface area contributed by atoms with E-state index in [0.29, 0.717) is 10.9 Å². The lowest BCUT2D eigenvalue weighted by molar-refractivity contribution is -0.138. The molecule has 1 fully saturated rings. The molecule has 10 heteroatoms. The number of hydrogen-bond donors (Lipinski definition) is 3. The molecule has 3 amide bonds. The number of likely N-dealkylation sites (tertiary alicyclic amines) is 1. The summed E-state index contributed by atoms with van der Waals surface area (Å²) in [5.74, 6) is -1.86. The molecule has 3 heterocycles. The van der Waals surface area contributed by atoms with Crippen molar-refractivity contribution in [2.75, 3.05) is 13.1 Å². The SMILES string of the molecule is C[C@H](NC(=O)[C@@H]1C[C@@H](O)CN1C(=O)CNC(=O)c1ccc2cc(F)ccc2n1)c1ccccc1/C=C/c1cccs1. The normalized spacial score (nSPS) is 17.6. The number of rotatable bonds is 8. The Kier molecular flexibility index (Phi) is 8.51. The molecule has 41 heavy (non-hydrogen) atoms. The minimum absolute atomic E-state index is 0.0128.